The predicted molar refractivity (Wildman–Crippen MR) is 140 cm³/mol. The van der Waals surface area contributed by atoms with E-state index >= 15 is 0 Å². The summed E-state index contributed by atoms with van der Waals surface area (Å²) in [6, 6.07) is 0.798. The van der Waals surface area contributed by atoms with Crippen LogP contribution in [0.4, 0.5) is 13.2 Å². The van der Waals surface area contributed by atoms with E-state index in [1.54, 1.807) is 0 Å². The van der Waals surface area contributed by atoms with Gasteiger partial charge in [-0.1, -0.05) is 20.8 Å². The van der Waals surface area contributed by atoms with E-state index in [1.165, 1.54) is 45.0 Å². The summed E-state index contributed by atoms with van der Waals surface area (Å²) in [5.41, 5.74) is 0.213. The molecule has 1 aromatic carbocycles. The highest BCUT2D eigenvalue weighted by Crippen LogP contribution is 2.25. The van der Waals surface area contributed by atoms with Gasteiger partial charge in [0.2, 0.25) is 5.91 Å². The van der Waals surface area contributed by atoms with Crippen LogP contribution in [-0.2, 0) is 19.2 Å². The summed E-state index contributed by atoms with van der Waals surface area (Å²) in [5, 5.41) is 16.5. The van der Waals surface area contributed by atoms with Crippen LogP contribution in [0.2, 0.25) is 0 Å². The minimum absolute atomic E-state index is 0.0274. The molecular weight excluding hydrogens is 549 g/mol. The number of nitrogens with zero attached hydrogens (tertiary/aromatic N) is 1. The fraction of sp³-hybridized carbons (Fsp3) is 0.556. The Morgan fingerprint density at radius 2 is 1.63 bits per heavy atom. The second-order valence-electron chi connectivity index (χ2n) is 10.0. The summed E-state index contributed by atoms with van der Waals surface area (Å²) in [5.74, 6) is -7.27. The number of carboxylic acids is 1. The van der Waals surface area contributed by atoms with Gasteiger partial charge in [-0.05, 0) is 62.4 Å². The Hall–Kier alpha value is -3.81. The van der Waals surface area contributed by atoms with E-state index in [-0.39, 0.29) is 36.9 Å². The number of carbonyl (C=O) groups is 6. The minimum Gasteiger partial charge on any atom is -0.481 e. The minimum atomic E-state index is -5.29. The van der Waals surface area contributed by atoms with Crippen LogP contribution < -0.4 is 16.0 Å². The molecular formula is C27H35F3N4O7. The Labute approximate surface area is 235 Å². The molecule has 1 aliphatic heterocycles. The highest BCUT2D eigenvalue weighted by Gasteiger charge is 2.50. The molecule has 0 bridgehead atoms. The molecule has 1 aromatic rings. The molecule has 14 heteroatoms. The Bertz CT molecular complexity index is 1130. The number of Topliss-reactive ketones (excluding diaryl/α,β-unsaturated/α-hetero) is 1. The summed E-state index contributed by atoms with van der Waals surface area (Å²) in [7, 11) is 0. The lowest BCUT2D eigenvalue weighted by molar-refractivity contribution is -0.180. The highest BCUT2D eigenvalue weighted by molar-refractivity contribution is 6.07. The molecule has 4 amide bonds. The van der Waals surface area contributed by atoms with Crippen molar-refractivity contribution in [2.75, 3.05) is 13.1 Å². The number of amides is 4. The topological polar surface area (TPSA) is 162 Å². The van der Waals surface area contributed by atoms with Crippen molar-refractivity contribution in [3.8, 4) is 0 Å². The van der Waals surface area contributed by atoms with Crippen LogP contribution >= 0.6 is 0 Å². The van der Waals surface area contributed by atoms with E-state index in [9.17, 15) is 41.9 Å². The summed E-state index contributed by atoms with van der Waals surface area (Å²) in [6.07, 6.45) is -4.81. The van der Waals surface area contributed by atoms with Crippen LogP contribution in [0.25, 0.3) is 0 Å². The Balaban J connectivity index is 2.25. The third-order valence-electron chi connectivity index (χ3n) is 6.60. The van der Waals surface area contributed by atoms with E-state index in [4.69, 9.17) is 5.11 Å². The van der Waals surface area contributed by atoms with E-state index in [0.717, 1.165) is 0 Å². The zero-order valence-electron chi connectivity index (χ0n) is 23.0. The number of halogens is 3. The largest absolute Gasteiger partial charge is 0.481 e. The van der Waals surface area contributed by atoms with Crippen LogP contribution in [0.3, 0.4) is 0 Å². The lowest BCUT2D eigenvalue weighted by atomic mass is 9.98. The van der Waals surface area contributed by atoms with Gasteiger partial charge in [0, 0.05) is 24.1 Å². The Morgan fingerprint density at radius 3 is 2.10 bits per heavy atom. The molecule has 0 radical (unpaired) electrons. The number of hydrogen-bond acceptors (Lipinski definition) is 7. The maximum absolute atomic E-state index is 13.6. The van der Waals surface area contributed by atoms with Gasteiger partial charge in [0.05, 0.1) is 6.04 Å². The zero-order chi connectivity index (χ0) is 30.9. The van der Waals surface area contributed by atoms with Gasteiger partial charge in [-0.15, -0.1) is 0 Å². The van der Waals surface area contributed by atoms with Gasteiger partial charge in [0.1, 0.15) is 12.1 Å². The van der Waals surface area contributed by atoms with Crippen LogP contribution in [0.15, 0.2) is 24.3 Å². The number of imide groups is 1. The molecule has 1 heterocycles. The average molecular weight is 585 g/mol. The van der Waals surface area contributed by atoms with Gasteiger partial charge in [-0.25, -0.2) is 0 Å². The van der Waals surface area contributed by atoms with Crippen molar-refractivity contribution in [2.24, 2.45) is 5.92 Å². The number of ketones is 1. The van der Waals surface area contributed by atoms with Crippen LogP contribution in [0, 0.1) is 5.92 Å². The molecule has 1 saturated heterocycles. The molecule has 0 aromatic heterocycles. The van der Waals surface area contributed by atoms with Crippen molar-refractivity contribution in [2.45, 2.75) is 77.2 Å². The van der Waals surface area contributed by atoms with Crippen LogP contribution in [-0.4, -0.2) is 82.8 Å². The van der Waals surface area contributed by atoms with E-state index in [1.807, 2.05) is 0 Å². The summed E-state index contributed by atoms with van der Waals surface area (Å²) in [4.78, 5) is 75.4. The summed E-state index contributed by atoms with van der Waals surface area (Å²) >= 11 is 0. The van der Waals surface area contributed by atoms with Gasteiger partial charge in [-0.3, -0.25) is 33.7 Å². The predicted octanol–water partition coefficient (Wildman–Crippen LogP) is 2.05. The zero-order valence-corrected chi connectivity index (χ0v) is 23.0. The van der Waals surface area contributed by atoms with Crippen molar-refractivity contribution in [3.05, 3.63) is 35.4 Å². The number of aliphatic carboxylic acids is 1. The number of benzene rings is 1. The molecule has 2 rings (SSSR count). The van der Waals surface area contributed by atoms with Crippen LogP contribution in [0.1, 0.15) is 73.6 Å². The lowest BCUT2D eigenvalue weighted by Gasteiger charge is -2.34. The summed E-state index contributed by atoms with van der Waals surface area (Å²) in [6.45, 7) is 4.87. The van der Waals surface area contributed by atoms with Gasteiger partial charge in [0.25, 0.3) is 23.5 Å². The van der Waals surface area contributed by atoms with E-state index < -0.39 is 72.0 Å². The third-order valence-corrected chi connectivity index (χ3v) is 6.60. The smallest absolute Gasteiger partial charge is 0.452 e. The first-order valence-electron chi connectivity index (χ1n) is 13.3. The second kappa shape index (κ2) is 14.7. The second-order valence-corrected chi connectivity index (χ2v) is 10.0. The van der Waals surface area contributed by atoms with Gasteiger partial charge >= 0.3 is 12.1 Å². The maximum atomic E-state index is 13.6. The molecule has 226 valence electrons. The molecule has 1 unspecified atom stereocenters. The Kier molecular flexibility index (Phi) is 12.0. The molecule has 1 fully saturated rings. The van der Waals surface area contributed by atoms with Crippen molar-refractivity contribution >= 4 is 35.4 Å². The number of carboxylic acid groups (broad SMARTS) is 1. The standard InChI is InChI=1S/C27H35F3N4O7/c1-4-19(22(37)27(28,29)30)34(25(40)18-7-5-13-31-18)26(41)21(15(2)3)33-24(39)17-11-9-16(10-12-17)23(38)32-14-6-8-20(35)36/h9-12,15,18-19,21,31H,4-8,13-14H2,1-3H3,(H,32,38)(H,33,39)(H,35,36)/t18-,19?,21-/m0/s1. The number of carbonyl (C=O) groups excluding carboxylic acids is 5. The van der Waals surface area contributed by atoms with E-state index in [0.29, 0.717) is 17.9 Å². The molecule has 41 heavy (non-hydrogen) atoms. The molecule has 3 atom stereocenters. The first-order chi connectivity index (χ1) is 19.2. The third kappa shape index (κ3) is 9.10. The maximum Gasteiger partial charge on any atom is 0.452 e. The number of rotatable bonds is 13. The van der Waals surface area contributed by atoms with Gasteiger partial charge < -0.3 is 21.1 Å². The van der Waals surface area contributed by atoms with Crippen molar-refractivity contribution in [3.63, 3.8) is 0 Å². The average Bonchev–Trinajstić information content (AvgIpc) is 3.46. The molecule has 11 nitrogen and oxygen atoms in total. The number of hydrogen-bond donors (Lipinski definition) is 4. The quantitative estimate of drug-likeness (QED) is 0.256. The van der Waals surface area contributed by atoms with Crippen molar-refractivity contribution < 1.29 is 47.0 Å². The monoisotopic (exact) mass is 584 g/mol. The molecule has 0 saturated carbocycles. The normalized spacial score (nSPS) is 16.5. The number of nitrogens with one attached hydrogen (secondary N) is 3. The number of alkyl halides is 3. The Morgan fingerprint density at radius 1 is 1.05 bits per heavy atom. The SMILES string of the molecule is CCC(C(=O)C(F)(F)F)N(C(=O)[C@@H]1CCCN1)C(=O)[C@@H](NC(=O)c1ccc(C(=O)NCCCC(=O)O)cc1)C(C)C. The molecule has 1 aliphatic rings. The molecule has 0 aliphatic carbocycles. The summed E-state index contributed by atoms with van der Waals surface area (Å²) < 4.78 is 40.2. The first kappa shape index (κ1) is 33.4. The first-order valence-corrected chi connectivity index (χ1v) is 13.3. The van der Waals surface area contributed by atoms with Crippen LogP contribution in [0.5, 0.6) is 0 Å². The fourth-order valence-corrected chi connectivity index (χ4v) is 4.36. The molecule has 4 N–H and O–H groups in total. The van der Waals surface area contributed by atoms with Gasteiger partial charge in [0.15, 0.2) is 0 Å². The van der Waals surface area contributed by atoms with Crippen molar-refractivity contribution in [1.29, 1.82) is 0 Å². The fourth-order valence-electron chi connectivity index (χ4n) is 4.36. The van der Waals surface area contributed by atoms with E-state index in [2.05, 4.69) is 16.0 Å². The highest BCUT2D eigenvalue weighted by atomic mass is 19.4. The lowest BCUT2D eigenvalue weighted by Crippen LogP contribution is -2.61. The molecule has 0 spiro atoms. The van der Waals surface area contributed by atoms with Gasteiger partial charge in [-0.2, -0.15) is 13.2 Å². The van der Waals surface area contributed by atoms with Crippen molar-refractivity contribution in [1.82, 2.24) is 20.9 Å².